The molecule has 2 atom stereocenters. The van der Waals surface area contributed by atoms with Crippen molar-refractivity contribution in [2.45, 2.75) is 70.0 Å². The summed E-state index contributed by atoms with van der Waals surface area (Å²) in [5.74, 6) is -1.61. The number of hydrogen-bond donors (Lipinski definition) is 4. The largest absolute Gasteiger partial charge is 0.481 e. The highest BCUT2D eigenvalue weighted by Crippen LogP contribution is 2.05. The van der Waals surface area contributed by atoms with Gasteiger partial charge in [-0.2, -0.15) is 0 Å². The van der Waals surface area contributed by atoms with E-state index in [0.29, 0.717) is 25.7 Å². The molecule has 6 heteroatoms. The molecule has 0 fully saturated rings. The summed E-state index contributed by atoms with van der Waals surface area (Å²) < 4.78 is 0. The standard InChI is InChI=1S/C21H32O6/c22-18(12-7-3-1-2-4-10-16-20(24)25)13-8-5-6-9-14-19(23)15-11-17-21(26)27/h3,5-9,13-14,18-19,22-23H,1-2,4,10-12,15-17H2,(H,24,25)(H,26,27)/b6-5+,7-3+,13-8+,14-9+/t18-,19-/m1/s1. The van der Waals surface area contributed by atoms with Crippen LogP contribution in [0.4, 0.5) is 0 Å². The molecule has 0 saturated carbocycles. The van der Waals surface area contributed by atoms with Gasteiger partial charge in [0, 0.05) is 12.8 Å². The Kier molecular flexibility index (Phi) is 15.9. The molecule has 0 amide bonds. The van der Waals surface area contributed by atoms with E-state index in [2.05, 4.69) is 0 Å². The maximum atomic E-state index is 10.4. The highest BCUT2D eigenvalue weighted by atomic mass is 16.4. The summed E-state index contributed by atoms with van der Waals surface area (Å²) in [5.41, 5.74) is 0. The molecule has 0 aliphatic carbocycles. The van der Waals surface area contributed by atoms with Crippen molar-refractivity contribution in [2.75, 3.05) is 0 Å². The zero-order valence-electron chi connectivity index (χ0n) is 15.7. The molecule has 0 rings (SSSR count). The van der Waals surface area contributed by atoms with Gasteiger partial charge < -0.3 is 20.4 Å². The Morgan fingerprint density at radius 1 is 0.704 bits per heavy atom. The van der Waals surface area contributed by atoms with Crippen molar-refractivity contribution in [3.8, 4) is 0 Å². The van der Waals surface area contributed by atoms with Gasteiger partial charge in [-0.25, -0.2) is 0 Å². The van der Waals surface area contributed by atoms with E-state index in [1.54, 1.807) is 36.5 Å². The molecule has 0 radical (unpaired) electrons. The van der Waals surface area contributed by atoms with Crippen LogP contribution in [0, 0.1) is 0 Å². The highest BCUT2D eigenvalue weighted by molar-refractivity contribution is 5.66. The lowest BCUT2D eigenvalue weighted by atomic mass is 10.1. The average molecular weight is 380 g/mol. The molecule has 0 unspecified atom stereocenters. The number of aliphatic hydroxyl groups excluding tert-OH is 2. The van der Waals surface area contributed by atoms with E-state index >= 15 is 0 Å². The Balaban J connectivity index is 3.77. The summed E-state index contributed by atoms with van der Waals surface area (Å²) in [6.45, 7) is 0. The summed E-state index contributed by atoms with van der Waals surface area (Å²) >= 11 is 0. The molecule has 152 valence electrons. The zero-order valence-corrected chi connectivity index (χ0v) is 15.7. The Bertz CT molecular complexity index is 519. The van der Waals surface area contributed by atoms with Gasteiger partial charge in [-0.15, -0.1) is 0 Å². The van der Waals surface area contributed by atoms with Crippen molar-refractivity contribution in [1.82, 2.24) is 0 Å². The maximum Gasteiger partial charge on any atom is 0.303 e. The van der Waals surface area contributed by atoms with Crippen molar-refractivity contribution in [3.05, 3.63) is 48.6 Å². The fraction of sp³-hybridized carbons (Fsp3) is 0.524. The predicted octanol–water partition coefficient (Wildman–Crippen LogP) is 3.61. The lowest BCUT2D eigenvalue weighted by Crippen LogP contribution is -2.03. The van der Waals surface area contributed by atoms with Gasteiger partial charge in [0.2, 0.25) is 0 Å². The number of carboxylic acid groups (broad SMARTS) is 2. The van der Waals surface area contributed by atoms with E-state index in [9.17, 15) is 19.8 Å². The predicted molar refractivity (Wildman–Crippen MR) is 105 cm³/mol. The average Bonchev–Trinajstić information content (AvgIpc) is 2.59. The van der Waals surface area contributed by atoms with E-state index in [1.807, 2.05) is 12.2 Å². The third-order valence-electron chi connectivity index (χ3n) is 3.70. The fourth-order valence-corrected chi connectivity index (χ4v) is 2.22. The smallest absolute Gasteiger partial charge is 0.303 e. The highest BCUT2D eigenvalue weighted by Gasteiger charge is 2.01. The Labute approximate surface area is 161 Å². The summed E-state index contributed by atoms with van der Waals surface area (Å²) in [6, 6.07) is 0. The molecule has 4 N–H and O–H groups in total. The summed E-state index contributed by atoms with van der Waals surface area (Å²) in [7, 11) is 0. The van der Waals surface area contributed by atoms with Crippen molar-refractivity contribution in [2.24, 2.45) is 0 Å². The first-order valence-corrected chi connectivity index (χ1v) is 9.38. The first kappa shape index (κ1) is 24.8. The summed E-state index contributed by atoms with van der Waals surface area (Å²) in [5, 5.41) is 36.4. The van der Waals surface area contributed by atoms with Gasteiger partial charge in [-0.1, -0.05) is 55.0 Å². The van der Waals surface area contributed by atoms with Crippen LogP contribution in [0.3, 0.4) is 0 Å². The second kappa shape index (κ2) is 17.2. The zero-order chi connectivity index (χ0) is 20.3. The number of hydrogen-bond acceptors (Lipinski definition) is 4. The minimum atomic E-state index is -0.861. The molecular weight excluding hydrogens is 348 g/mol. The summed E-state index contributed by atoms with van der Waals surface area (Å²) in [4.78, 5) is 20.7. The molecule has 0 aromatic carbocycles. The van der Waals surface area contributed by atoms with E-state index in [4.69, 9.17) is 10.2 Å². The van der Waals surface area contributed by atoms with E-state index < -0.39 is 24.1 Å². The lowest BCUT2D eigenvalue weighted by Gasteiger charge is -2.02. The first-order chi connectivity index (χ1) is 12.9. The number of unbranched alkanes of at least 4 members (excludes halogenated alkanes) is 3. The van der Waals surface area contributed by atoms with Crippen molar-refractivity contribution >= 4 is 11.9 Å². The van der Waals surface area contributed by atoms with Crippen LogP contribution in [0.2, 0.25) is 0 Å². The third-order valence-corrected chi connectivity index (χ3v) is 3.70. The molecular formula is C21H32O6. The van der Waals surface area contributed by atoms with Gasteiger partial charge in [0.1, 0.15) is 0 Å². The number of aliphatic carboxylic acids is 2. The quantitative estimate of drug-likeness (QED) is 0.185. The molecule has 0 aliphatic heterocycles. The lowest BCUT2D eigenvalue weighted by molar-refractivity contribution is -0.138. The molecule has 0 aromatic rings. The van der Waals surface area contributed by atoms with Gasteiger partial charge >= 0.3 is 11.9 Å². The van der Waals surface area contributed by atoms with Crippen molar-refractivity contribution in [1.29, 1.82) is 0 Å². The topological polar surface area (TPSA) is 115 Å². The van der Waals surface area contributed by atoms with E-state index in [0.717, 1.165) is 19.3 Å². The molecule has 6 nitrogen and oxygen atoms in total. The molecule has 0 aromatic heterocycles. The Morgan fingerprint density at radius 2 is 1.30 bits per heavy atom. The first-order valence-electron chi connectivity index (χ1n) is 9.38. The van der Waals surface area contributed by atoms with Crippen LogP contribution in [-0.4, -0.2) is 44.6 Å². The minimum Gasteiger partial charge on any atom is -0.481 e. The van der Waals surface area contributed by atoms with Crippen LogP contribution in [0.1, 0.15) is 57.8 Å². The molecule has 0 saturated heterocycles. The van der Waals surface area contributed by atoms with Crippen molar-refractivity contribution in [3.63, 3.8) is 0 Å². The number of carbonyl (C=O) groups is 2. The Hall–Kier alpha value is -2.18. The normalized spacial score (nSPS) is 14.6. The van der Waals surface area contributed by atoms with E-state index in [1.165, 1.54) is 0 Å². The van der Waals surface area contributed by atoms with Crippen molar-refractivity contribution < 1.29 is 30.0 Å². The van der Waals surface area contributed by atoms with Crippen LogP contribution in [0.15, 0.2) is 48.6 Å². The molecule has 0 spiro atoms. The molecule has 0 heterocycles. The molecule has 0 aliphatic rings. The second-order valence-corrected chi connectivity index (χ2v) is 6.28. The van der Waals surface area contributed by atoms with Gasteiger partial charge in [0.25, 0.3) is 0 Å². The number of carboxylic acids is 2. The molecule has 27 heavy (non-hydrogen) atoms. The van der Waals surface area contributed by atoms with E-state index in [-0.39, 0.29) is 12.8 Å². The van der Waals surface area contributed by atoms with Gasteiger partial charge in [-0.3, -0.25) is 9.59 Å². The third kappa shape index (κ3) is 20.0. The summed E-state index contributed by atoms with van der Waals surface area (Å²) in [6.07, 6.45) is 18.0. The number of allylic oxidation sites excluding steroid dienone is 5. The SMILES string of the molecule is O=C(O)CCCCC/C=C/C[C@@H](O)/C=C/C=C/C=C/[C@@H](O)CCCC(=O)O. The second-order valence-electron chi connectivity index (χ2n) is 6.28. The van der Waals surface area contributed by atoms with Crippen LogP contribution in [0.5, 0.6) is 0 Å². The fourth-order valence-electron chi connectivity index (χ4n) is 2.22. The number of rotatable bonds is 16. The van der Waals surface area contributed by atoms with Crippen LogP contribution in [0.25, 0.3) is 0 Å². The van der Waals surface area contributed by atoms with Crippen LogP contribution >= 0.6 is 0 Å². The maximum absolute atomic E-state index is 10.4. The Morgan fingerprint density at radius 3 is 1.93 bits per heavy atom. The van der Waals surface area contributed by atoms with Gasteiger partial charge in [-0.05, 0) is 38.5 Å². The molecule has 0 bridgehead atoms. The van der Waals surface area contributed by atoms with Crippen LogP contribution < -0.4 is 0 Å². The van der Waals surface area contributed by atoms with Crippen LogP contribution in [-0.2, 0) is 9.59 Å². The van der Waals surface area contributed by atoms with Gasteiger partial charge in [0.05, 0.1) is 12.2 Å². The van der Waals surface area contributed by atoms with Gasteiger partial charge in [0.15, 0.2) is 0 Å². The monoisotopic (exact) mass is 380 g/mol. The minimum absolute atomic E-state index is 0.0561. The number of aliphatic hydroxyl groups is 2.